The van der Waals surface area contributed by atoms with Crippen LogP contribution in [-0.2, 0) is 5.41 Å². The molecule has 2 heterocycles. The first kappa shape index (κ1) is 38.2. The summed E-state index contributed by atoms with van der Waals surface area (Å²) < 4.78 is 2.60. The maximum atomic E-state index is 5.31. The van der Waals surface area contributed by atoms with Crippen molar-refractivity contribution in [3.05, 3.63) is 259 Å². The van der Waals surface area contributed by atoms with E-state index in [0.717, 1.165) is 27.8 Å². The zero-order chi connectivity index (χ0) is 43.6. The van der Waals surface area contributed by atoms with Gasteiger partial charge in [-0.1, -0.05) is 218 Å². The second-order valence-corrected chi connectivity index (χ2v) is 18.2. The van der Waals surface area contributed by atoms with Gasteiger partial charge in [0.2, 0.25) is 0 Å². The molecule has 0 atom stereocenters. The zero-order valence-electron chi connectivity index (χ0n) is 35.8. The Morgan fingerprint density at radius 1 is 0.288 bits per heavy atom. The van der Waals surface area contributed by atoms with Crippen molar-refractivity contribution in [3.63, 3.8) is 0 Å². The second kappa shape index (κ2) is 15.4. The molecule has 0 aliphatic heterocycles. The summed E-state index contributed by atoms with van der Waals surface area (Å²) in [6.45, 7) is 0. The number of fused-ring (bicyclic) bond motifs is 7. The van der Waals surface area contributed by atoms with E-state index in [2.05, 4.69) is 237 Å². The first-order valence-corrected chi connectivity index (χ1v) is 23.2. The molecule has 3 nitrogen and oxygen atoms in total. The van der Waals surface area contributed by atoms with Gasteiger partial charge in [0.1, 0.15) is 0 Å². The van der Waals surface area contributed by atoms with Gasteiger partial charge in [0.05, 0.1) is 5.41 Å². The normalized spacial score (nSPS) is 12.7. The highest BCUT2D eigenvalue weighted by Crippen LogP contribution is 2.56. The van der Waals surface area contributed by atoms with Crippen LogP contribution in [0.25, 0.3) is 98.5 Å². The molecule has 1 aliphatic rings. The summed E-state index contributed by atoms with van der Waals surface area (Å²) >= 11 is 1.84. The van der Waals surface area contributed by atoms with Crippen LogP contribution in [0.5, 0.6) is 0 Å². The van der Waals surface area contributed by atoms with Crippen LogP contribution in [0, 0.1) is 0 Å². The Kier molecular flexibility index (Phi) is 8.93. The van der Waals surface area contributed by atoms with Gasteiger partial charge in [-0.05, 0) is 84.6 Å². The number of thiophene rings is 1. The van der Waals surface area contributed by atoms with Crippen molar-refractivity contribution in [1.82, 2.24) is 15.0 Å². The number of benzene rings is 10. The minimum Gasteiger partial charge on any atom is -0.208 e. The van der Waals surface area contributed by atoms with Gasteiger partial charge in [-0.3, -0.25) is 0 Å². The van der Waals surface area contributed by atoms with Crippen LogP contribution < -0.4 is 0 Å². The van der Waals surface area contributed by atoms with Crippen LogP contribution >= 0.6 is 11.3 Å². The highest BCUT2D eigenvalue weighted by atomic mass is 32.1. The highest BCUT2D eigenvalue weighted by molar-refractivity contribution is 7.25. The summed E-state index contributed by atoms with van der Waals surface area (Å²) in [5, 5.41) is 5.05. The molecule has 0 fully saturated rings. The maximum absolute atomic E-state index is 5.31. The number of rotatable bonds is 7. The molecule has 66 heavy (non-hydrogen) atoms. The molecule has 0 saturated heterocycles. The predicted octanol–water partition coefficient (Wildman–Crippen LogP) is 16.1. The summed E-state index contributed by atoms with van der Waals surface area (Å²) in [5.41, 5.74) is 14.3. The van der Waals surface area contributed by atoms with Crippen LogP contribution in [0.15, 0.2) is 237 Å². The summed E-state index contributed by atoms with van der Waals surface area (Å²) in [6.07, 6.45) is 0. The quantitative estimate of drug-likeness (QED) is 0.160. The fourth-order valence-corrected chi connectivity index (χ4v) is 11.5. The van der Waals surface area contributed by atoms with E-state index < -0.39 is 5.41 Å². The van der Waals surface area contributed by atoms with Crippen molar-refractivity contribution in [2.45, 2.75) is 5.41 Å². The molecule has 0 N–H and O–H groups in total. The van der Waals surface area contributed by atoms with Crippen LogP contribution in [0.4, 0.5) is 0 Å². The number of aromatic nitrogens is 3. The first-order chi connectivity index (χ1) is 32.7. The van der Waals surface area contributed by atoms with Crippen molar-refractivity contribution in [2.75, 3.05) is 0 Å². The molecule has 0 amide bonds. The summed E-state index contributed by atoms with van der Waals surface area (Å²) in [7, 11) is 0. The van der Waals surface area contributed by atoms with Crippen molar-refractivity contribution >= 4 is 42.3 Å². The van der Waals surface area contributed by atoms with Crippen LogP contribution in [-0.4, -0.2) is 15.0 Å². The SMILES string of the molecule is c1ccc(C2(c3ccccc3)c3ccccc3-c3ccc(-c4nc(-c5ccc(-c6ccc7c(c6)sc6ccccc67)cc5)nc(-c5ccc(-c6cccc7ccccc67)cc5)n4)cc32)cc1. The summed E-state index contributed by atoms with van der Waals surface area (Å²) in [5.74, 6) is 1.88. The van der Waals surface area contributed by atoms with E-state index in [9.17, 15) is 0 Å². The van der Waals surface area contributed by atoms with Crippen molar-refractivity contribution < 1.29 is 0 Å². The molecule has 0 saturated carbocycles. The molecule has 10 aromatic carbocycles. The monoisotopic (exact) mass is 857 g/mol. The van der Waals surface area contributed by atoms with E-state index in [-0.39, 0.29) is 0 Å². The van der Waals surface area contributed by atoms with Gasteiger partial charge in [-0.25, -0.2) is 15.0 Å². The molecular formula is C62H39N3S. The Labute approximate surface area is 387 Å². The van der Waals surface area contributed by atoms with E-state index in [1.807, 2.05) is 11.3 Å². The van der Waals surface area contributed by atoms with E-state index in [0.29, 0.717) is 17.5 Å². The van der Waals surface area contributed by atoms with E-state index in [4.69, 9.17) is 15.0 Å². The second-order valence-electron chi connectivity index (χ2n) is 17.1. The van der Waals surface area contributed by atoms with Crippen molar-refractivity contribution in [3.8, 4) is 67.5 Å². The minimum absolute atomic E-state index is 0.546. The molecule has 13 rings (SSSR count). The van der Waals surface area contributed by atoms with E-state index >= 15 is 0 Å². The minimum atomic E-state index is -0.546. The topological polar surface area (TPSA) is 38.7 Å². The molecule has 0 bridgehead atoms. The summed E-state index contributed by atoms with van der Waals surface area (Å²) in [4.78, 5) is 15.9. The Bertz CT molecular complexity index is 3760. The standard InChI is InChI=1S/C62H39N3S/c1-3-16-47(17-4-1)62(48-18-5-2-6-19-48)55-24-11-9-21-51(55)52-36-35-46(38-56(52)62)61-64-59(43-30-26-40(27-31-43)45-34-37-54-53-22-10-12-25-57(53)66-58(54)39-45)63-60(65-61)44-32-28-42(29-33-44)50-23-13-15-41-14-7-8-20-49(41)50/h1-39H. The van der Waals surface area contributed by atoms with Crippen LogP contribution in [0.1, 0.15) is 22.3 Å². The average Bonchev–Trinajstić information content (AvgIpc) is 3.92. The molecule has 0 unspecified atom stereocenters. The fourth-order valence-electron chi connectivity index (χ4n) is 10.3. The molecule has 12 aromatic rings. The lowest BCUT2D eigenvalue weighted by atomic mass is 9.67. The van der Waals surface area contributed by atoms with Gasteiger partial charge < -0.3 is 0 Å². The zero-order valence-corrected chi connectivity index (χ0v) is 36.6. The van der Waals surface area contributed by atoms with Gasteiger partial charge in [-0.15, -0.1) is 11.3 Å². The molecule has 4 heteroatoms. The molecule has 0 radical (unpaired) electrons. The smallest absolute Gasteiger partial charge is 0.164 e. The van der Waals surface area contributed by atoms with Gasteiger partial charge >= 0.3 is 0 Å². The van der Waals surface area contributed by atoms with Gasteiger partial charge in [0, 0.05) is 36.9 Å². The maximum Gasteiger partial charge on any atom is 0.164 e. The Balaban J connectivity index is 0.961. The van der Waals surface area contributed by atoms with E-state index in [1.54, 1.807) is 0 Å². The van der Waals surface area contributed by atoms with Gasteiger partial charge in [0.15, 0.2) is 17.5 Å². The third-order valence-corrected chi connectivity index (χ3v) is 14.6. The van der Waals surface area contributed by atoms with E-state index in [1.165, 1.54) is 75.5 Å². The van der Waals surface area contributed by atoms with Crippen LogP contribution in [0.2, 0.25) is 0 Å². The molecular weight excluding hydrogens is 819 g/mol. The Morgan fingerprint density at radius 2 is 0.788 bits per heavy atom. The lowest BCUT2D eigenvalue weighted by molar-refractivity contribution is 0.768. The largest absolute Gasteiger partial charge is 0.208 e. The predicted molar refractivity (Wildman–Crippen MR) is 275 cm³/mol. The van der Waals surface area contributed by atoms with Gasteiger partial charge in [-0.2, -0.15) is 0 Å². The molecule has 308 valence electrons. The highest BCUT2D eigenvalue weighted by Gasteiger charge is 2.46. The van der Waals surface area contributed by atoms with Crippen LogP contribution in [0.3, 0.4) is 0 Å². The lowest BCUT2D eigenvalue weighted by Crippen LogP contribution is -2.28. The number of nitrogens with zero attached hydrogens (tertiary/aromatic N) is 3. The third kappa shape index (κ3) is 6.14. The lowest BCUT2D eigenvalue weighted by Gasteiger charge is -2.34. The summed E-state index contributed by atoms with van der Waals surface area (Å²) in [6, 6.07) is 85.3. The van der Waals surface area contributed by atoms with Gasteiger partial charge in [0.25, 0.3) is 0 Å². The molecule has 0 spiro atoms. The average molecular weight is 858 g/mol. The Morgan fingerprint density at radius 3 is 1.52 bits per heavy atom. The number of hydrogen-bond donors (Lipinski definition) is 0. The Hall–Kier alpha value is -8.31. The fraction of sp³-hybridized carbons (Fsp3) is 0.0161. The van der Waals surface area contributed by atoms with Crippen molar-refractivity contribution in [2.24, 2.45) is 0 Å². The molecule has 1 aliphatic carbocycles. The molecule has 2 aromatic heterocycles. The third-order valence-electron chi connectivity index (χ3n) is 13.5. The number of hydrogen-bond acceptors (Lipinski definition) is 4. The first-order valence-electron chi connectivity index (χ1n) is 22.4. The van der Waals surface area contributed by atoms with Crippen molar-refractivity contribution in [1.29, 1.82) is 0 Å².